The topological polar surface area (TPSA) is 76.2 Å². The standard InChI is InChI=1S/C14H10N2O3S/c1-8-6-20-7-11(8)13-15-12(16-19-13)9-2-4-10(5-3-9)14(17)18/h2-7H,1H3,(H,17,18). The summed E-state index contributed by atoms with van der Waals surface area (Å²) in [6.45, 7) is 1.98. The molecule has 1 N–H and O–H groups in total. The summed E-state index contributed by atoms with van der Waals surface area (Å²) in [5.74, 6) is -0.0390. The lowest BCUT2D eigenvalue weighted by Crippen LogP contribution is -1.95. The van der Waals surface area contributed by atoms with Crippen LogP contribution < -0.4 is 0 Å². The largest absolute Gasteiger partial charge is 0.478 e. The normalized spacial score (nSPS) is 10.7. The molecule has 0 bridgehead atoms. The van der Waals surface area contributed by atoms with Crippen molar-refractivity contribution >= 4 is 17.3 Å². The highest BCUT2D eigenvalue weighted by Crippen LogP contribution is 2.27. The van der Waals surface area contributed by atoms with Gasteiger partial charge in [-0.25, -0.2) is 4.79 Å². The van der Waals surface area contributed by atoms with E-state index in [1.165, 1.54) is 12.1 Å². The van der Waals surface area contributed by atoms with Gasteiger partial charge in [0, 0.05) is 10.9 Å². The number of hydrogen-bond donors (Lipinski definition) is 1. The van der Waals surface area contributed by atoms with Gasteiger partial charge in [0.1, 0.15) is 0 Å². The highest BCUT2D eigenvalue weighted by atomic mass is 32.1. The number of carboxylic acids is 1. The number of benzene rings is 1. The fourth-order valence-corrected chi connectivity index (χ4v) is 2.61. The average molecular weight is 286 g/mol. The predicted octanol–water partition coefficient (Wildman–Crippen LogP) is 3.47. The molecule has 0 aliphatic carbocycles. The molecule has 1 aromatic carbocycles. The summed E-state index contributed by atoms with van der Waals surface area (Å²) in [6, 6.07) is 6.37. The first-order chi connectivity index (χ1) is 9.65. The average Bonchev–Trinajstić information content (AvgIpc) is 3.07. The molecule has 0 saturated heterocycles. The van der Waals surface area contributed by atoms with Crippen molar-refractivity contribution in [2.75, 3.05) is 0 Å². The molecule has 0 spiro atoms. The van der Waals surface area contributed by atoms with Crippen molar-refractivity contribution in [2.24, 2.45) is 0 Å². The summed E-state index contributed by atoms with van der Waals surface area (Å²) in [4.78, 5) is 15.1. The van der Waals surface area contributed by atoms with Gasteiger partial charge in [-0.1, -0.05) is 17.3 Å². The molecule has 6 heteroatoms. The lowest BCUT2D eigenvalue weighted by molar-refractivity contribution is 0.0697. The quantitative estimate of drug-likeness (QED) is 0.797. The Morgan fingerprint density at radius 2 is 2.00 bits per heavy atom. The van der Waals surface area contributed by atoms with E-state index in [-0.39, 0.29) is 5.56 Å². The molecule has 100 valence electrons. The van der Waals surface area contributed by atoms with Crippen LogP contribution in [0, 0.1) is 6.92 Å². The molecular weight excluding hydrogens is 276 g/mol. The first kappa shape index (κ1) is 12.6. The van der Waals surface area contributed by atoms with Crippen LogP contribution in [-0.2, 0) is 0 Å². The number of rotatable bonds is 3. The Morgan fingerprint density at radius 1 is 1.25 bits per heavy atom. The predicted molar refractivity (Wildman–Crippen MR) is 74.7 cm³/mol. The van der Waals surface area contributed by atoms with Crippen LogP contribution in [0.5, 0.6) is 0 Å². The highest BCUT2D eigenvalue weighted by molar-refractivity contribution is 7.08. The van der Waals surface area contributed by atoms with Crippen LogP contribution >= 0.6 is 11.3 Å². The van der Waals surface area contributed by atoms with E-state index in [2.05, 4.69) is 10.1 Å². The maximum atomic E-state index is 10.8. The van der Waals surface area contributed by atoms with Crippen LogP contribution in [0.3, 0.4) is 0 Å². The molecule has 0 unspecified atom stereocenters. The first-order valence-electron chi connectivity index (χ1n) is 5.86. The smallest absolute Gasteiger partial charge is 0.335 e. The van der Waals surface area contributed by atoms with Crippen molar-refractivity contribution in [1.82, 2.24) is 10.1 Å². The Labute approximate surface area is 118 Å². The molecule has 0 radical (unpaired) electrons. The fraction of sp³-hybridized carbons (Fsp3) is 0.0714. The van der Waals surface area contributed by atoms with Gasteiger partial charge < -0.3 is 9.63 Å². The number of carbonyl (C=O) groups is 1. The summed E-state index contributed by atoms with van der Waals surface area (Å²) in [5, 5.41) is 16.8. The van der Waals surface area contributed by atoms with Gasteiger partial charge in [0.25, 0.3) is 5.89 Å². The summed E-state index contributed by atoms with van der Waals surface area (Å²) < 4.78 is 5.25. The van der Waals surface area contributed by atoms with Crippen LogP contribution in [0.25, 0.3) is 22.8 Å². The van der Waals surface area contributed by atoms with E-state index < -0.39 is 5.97 Å². The summed E-state index contributed by atoms with van der Waals surface area (Å²) in [7, 11) is 0. The molecule has 5 nitrogen and oxygen atoms in total. The van der Waals surface area contributed by atoms with E-state index in [1.807, 2.05) is 17.7 Å². The van der Waals surface area contributed by atoms with Crippen LogP contribution in [0.4, 0.5) is 0 Å². The van der Waals surface area contributed by atoms with Crippen molar-refractivity contribution < 1.29 is 14.4 Å². The van der Waals surface area contributed by atoms with E-state index in [0.717, 1.165) is 16.7 Å². The molecule has 0 aliphatic heterocycles. The third-order valence-electron chi connectivity index (χ3n) is 2.90. The van der Waals surface area contributed by atoms with Crippen molar-refractivity contribution in [3.8, 4) is 22.8 Å². The second-order valence-corrected chi connectivity index (χ2v) is 5.02. The fourth-order valence-electron chi connectivity index (χ4n) is 1.79. The van der Waals surface area contributed by atoms with E-state index >= 15 is 0 Å². The molecule has 0 saturated carbocycles. The summed E-state index contributed by atoms with van der Waals surface area (Å²) in [6.07, 6.45) is 0. The summed E-state index contributed by atoms with van der Waals surface area (Å²) >= 11 is 1.58. The highest BCUT2D eigenvalue weighted by Gasteiger charge is 2.13. The zero-order chi connectivity index (χ0) is 14.1. The van der Waals surface area contributed by atoms with Crippen molar-refractivity contribution in [3.63, 3.8) is 0 Å². The van der Waals surface area contributed by atoms with Crippen molar-refractivity contribution in [1.29, 1.82) is 0 Å². The van der Waals surface area contributed by atoms with E-state index in [1.54, 1.807) is 23.5 Å². The van der Waals surface area contributed by atoms with E-state index in [9.17, 15) is 4.79 Å². The third-order valence-corrected chi connectivity index (χ3v) is 3.76. The minimum atomic E-state index is -0.959. The Bertz CT molecular complexity index is 759. The van der Waals surface area contributed by atoms with Gasteiger partial charge in [0.2, 0.25) is 5.82 Å². The molecule has 0 atom stereocenters. The maximum absolute atomic E-state index is 10.8. The van der Waals surface area contributed by atoms with Gasteiger partial charge in [-0.15, -0.1) is 0 Å². The monoisotopic (exact) mass is 286 g/mol. The second kappa shape index (κ2) is 4.90. The molecule has 0 fully saturated rings. The van der Waals surface area contributed by atoms with Gasteiger partial charge >= 0.3 is 5.97 Å². The van der Waals surface area contributed by atoms with Gasteiger partial charge in [-0.05, 0) is 30.0 Å². The van der Waals surface area contributed by atoms with Crippen LogP contribution in [0.15, 0.2) is 39.5 Å². The molecule has 2 heterocycles. The first-order valence-corrected chi connectivity index (χ1v) is 6.80. The number of carboxylic acid groups (broad SMARTS) is 1. The minimum absolute atomic E-state index is 0.228. The van der Waals surface area contributed by atoms with Crippen LogP contribution in [-0.4, -0.2) is 21.2 Å². The summed E-state index contributed by atoms with van der Waals surface area (Å²) in [5.41, 5.74) is 2.96. The lowest BCUT2D eigenvalue weighted by Gasteiger charge is -1.95. The Balaban J connectivity index is 1.94. The Kier molecular flexibility index (Phi) is 3.08. The van der Waals surface area contributed by atoms with Gasteiger partial charge in [-0.2, -0.15) is 16.3 Å². The zero-order valence-electron chi connectivity index (χ0n) is 10.5. The second-order valence-electron chi connectivity index (χ2n) is 4.27. The maximum Gasteiger partial charge on any atom is 0.335 e. The van der Waals surface area contributed by atoms with E-state index in [4.69, 9.17) is 9.63 Å². The Morgan fingerprint density at radius 3 is 2.60 bits per heavy atom. The number of hydrogen-bond acceptors (Lipinski definition) is 5. The molecular formula is C14H10N2O3S. The lowest BCUT2D eigenvalue weighted by atomic mass is 10.1. The number of nitrogens with zero attached hydrogens (tertiary/aromatic N) is 2. The molecule has 0 amide bonds. The molecule has 0 aliphatic rings. The minimum Gasteiger partial charge on any atom is -0.478 e. The molecule has 3 rings (SSSR count). The number of aromatic carboxylic acids is 1. The molecule has 3 aromatic rings. The number of aromatic nitrogens is 2. The zero-order valence-corrected chi connectivity index (χ0v) is 11.3. The number of aryl methyl sites for hydroxylation is 1. The third kappa shape index (κ3) is 2.21. The SMILES string of the molecule is Cc1cscc1-c1nc(-c2ccc(C(=O)O)cc2)no1. The van der Waals surface area contributed by atoms with E-state index in [0.29, 0.717) is 11.7 Å². The van der Waals surface area contributed by atoms with Crippen LogP contribution in [0.1, 0.15) is 15.9 Å². The van der Waals surface area contributed by atoms with Gasteiger partial charge in [0.05, 0.1) is 11.1 Å². The van der Waals surface area contributed by atoms with Crippen LogP contribution in [0.2, 0.25) is 0 Å². The molecule has 20 heavy (non-hydrogen) atoms. The number of thiophene rings is 1. The molecule has 2 aromatic heterocycles. The van der Waals surface area contributed by atoms with Crippen molar-refractivity contribution in [3.05, 3.63) is 46.2 Å². The van der Waals surface area contributed by atoms with Gasteiger partial charge in [0.15, 0.2) is 0 Å². The Hall–Kier alpha value is -2.47. The van der Waals surface area contributed by atoms with Crippen molar-refractivity contribution in [2.45, 2.75) is 6.92 Å². The van der Waals surface area contributed by atoms with Gasteiger partial charge in [-0.3, -0.25) is 0 Å².